The lowest BCUT2D eigenvalue weighted by molar-refractivity contribution is -0.136. The minimum Gasteiger partial charge on any atom is -0.337 e. The van der Waals surface area contributed by atoms with E-state index in [9.17, 15) is 13.2 Å². The van der Waals surface area contributed by atoms with Crippen LogP contribution in [0.1, 0.15) is 53.4 Å². The van der Waals surface area contributed by atoms with Gasteiger partial charge < -0.3 is 4.90 Å². The van der Waals surface area contributed by atoms with E-state index in [1.165, 1.54) is 12.7 Å². The molecule has 1 aliphatic rings. The molecule has 0 radical (unpaired) electrons. The van der Waals surface area contributed by atoms with Crippen molar-refractivity contribution in [3.8, 4) is 0 Å². The minimum atomic E-state index is -3.04. The Morgan fingerprint density at radius 3 is 2.25 bits per heavy atom. The number of hydrogen-bond acceptors (Lipinski definition) is 3. The summed E-state index contributed by atoms with van der Waals surface area (Å²) in [7, 11) is -3.04. The molecular formula is C15H29NO3S. The maximum atomic E-state index is 12.5. The highest BCUT2D eigenvalue weighted by Crippen LogP contribution is 2.33. The molecule has 2 atom stereocenters. The smallest absolute Gasteiger partial charge is 0.223 e. The van der Waals surface area contributed by atoms with Crippen LogP contribution in [0.15, 0.2) is 0 Å². The Balaban J connectivity index is 2.65. The number of carbonyl (C=O) groups is 1. The SMILES string of the molecule is C[C@@H]1CC[C@H](CC(=O)N(CCS(C)(=O)=O)C(C)(C)C)C1. The zero-order valence-electron chi connectivity index (χ0n) is 13.5. The second kappa shape index (κ2) is 6.46. The molecule has 0 heterocycles. The third-order valence-electron chi connectivity index (χ3n) is 4.06. The average Bonchev–Trinajstić information content (AvgIpc) is 2.60. The highest BCUT2D eigenvalue weighted by Gasteiger charge is 2.30. The quantitative estimate of drug-likeness (QED) is 0.784. The number of hydrogen-bond donors (Lipinski definition) is 0. The van der Waals surface area contributed by atoms with Crippen LogP contribution in [-0.2, 0) is 14.6 Å². The molecule has 1 fully saturated rings. The molecule has 0 spiro atoms. The zero-order chi connectivity index (χ0) is 15.6. The van der Waals surface area contributed by atoms with Gasteiger partial charge in [0.05, 0.1) is 5.75 Å². The predicted molar refractivity (Wildman–Crippen MR) is 82.3 cm³/mol. The lowest BCUT2D eigenvalue weighted by Crippen LogP contribution is -2.48. The zero-order valence-corrected chi connectivity index (χ0v) is 14.3. The molecule has 1 aliphatic carbocycles. The van der Waals surface area contributed by atoms with E-state index in [1.54, 1.807) is 4.90 Å². The van der Waals surface area contributed by atoms with E-state index in [4.69, 9.17) is 0 Å². The minimum absolute atomic E-state index is 0.0388. The maximum Gasteiger partial charge on any atom is 0.223 e. The Bertz CT molecular complexity index is 437. The molecule has 20 heavy (non-hydrogen) atoms. The van der Waals surface area contributed by atoms with Crippen LogP contribution in [-0.4, -0.2) is 43.3 Å². The summed E-state index contributed by atoms with van der Waals surface area (Å²) in [6, 6.07) is 0. The molecule has 0 aromatic heterocycles. The van der Waals surface area contributed by atoms with Gasteiger partial charge in [0.1, 0.15) is 9.84 Å². The summed E-state index contributed by atoms with van der Waals surface area (Å²) in [5.74, 6) is 1.32. The van der Waals surface area contributed by atoms with Crippen LogP contribution in [0, 0.1) is 11.8 Å². The van der Waals surface area contributed by atoms with E-state index >= 15 is 0 Å². The van der Waals surface area contributed by atoms with Gasteiger partial charge in [0.15, 0.2) is 0 Å². The fraction of sp³-hybridized carbons (Fsp3) is 0.933. The summed E-state index contributed by atoms with van der Waals surface area (Å²) >= 11 is 0. The molecule has 0 aromatic rings. The number of rotatable bonds is 5. The molecule has 1 amide bonds. The fourth-order valence-corrected chi connectivity index (χ4v) is 3.47. The lowest BCUT2D eigenvalue weighted by Gasteiger charge is -2.36. The summed E-state index contributed by atoms with van der Waals surface area (Å²) in [5.41, 5.74) is -0.327. The molecule has 1 saturated carbocycles. The van der Waals surface area contributed by atoms with Crippen molar-refractivity contribution in [1.29, 1.82) is 0 Å². The molecular weight excluding hydrogens is 274 g/mol. The summed E-state index contributed by atoms with van der Waals surface area (Å²) in [6.07, 6.45) is 5.23. The predicted octanol–water partition coefficient (Wildman–Crippen LogP) is 2.48. The Kier molecular flexibility index (Phi) is 5.64. The van der Waals surface area contributed by atoms with Gasteiger partial charge >= 0.3 is 0 Å². The van der Waals surface area contributed by atoms with Crippen LogP contribution < -0.4 is 0 Å². The van der Waals surface area contributed by atoms with Gasteiger partial charge in [-0.15, -0.1) is 0 Å². The third kappa shape index (κ3) is 5.81. The van der Waals surface area contributed by atoms with E-state index < -0.39 is 9.84 Å². The molecule has 0 aliphatic heterocycles. The van der Waals surface area contributed by atoms with Crippen LogP contribution in [0.2, 0.25) is 0 Å². The first-order valence-corrected chi connectivity index (χ1v) is 9.53. The largest absolute Gasteiger partial charge is 0.337 e. The van der Waals surface area contributed by atoms with E-state index in [2.05, 4.69) is 6.92 Å². The van der Waals surface area contributed by atoms with Crippen molar-refractivity contribution in [3.63, 3.8) is 0 Å². The molecule has 0 unspecified atom stereocenters. The van der Waals surface area contributed by atoms with Gasteiger partial charge in [-0.25, -0.2) is 8.42 Å². The van der Waals surface area contributed by atoms with Crippen LogP contribution in [0.4, 0.5) is 0 Å². The molecule has 0 bridgehead atoms. The average molecular weight is 303 g/mol. The third-order valence-corrected chi connectivity index (χ3v) is 4.99. The Morgan fingerprint density at radius 2 is 1.85 bits per heavy atom. The first kappa shape index (κ1) is 17.5. The van der Waals surface area contributed by atoms with E-state index in [-0.39, 0.29) is 17.2 Å². The Hall–Kier alpha value is -0.580. The molecule has 4 nitrogen and oxygen atoms in total. The van der Waals surface area contributed by atoms with E-state index in [0.717, 1.165) is 12.8 Å². The van der Waals surface area contributed by atoms with Gasteiger partial charge in [-0.05, 0) is 45.4 Å². The van der Waals surface area contributed by atoms with Gasteiger partial charge in [0, 0.05) is 24.8 Å². The standard InChI is InChI=1S/C15H29NO3S/c1-12-6-7-13(10-12)11-14(17)16(15(2,3)4)8-9-20(5,18)19/h12-13H,6-11H2,1-5H3/t12-,13+/m1/s1. The van der Waals surface area contributed by atoms with Gasteiger partial charge in [-0.2, -0.15) is 0 Å². The van der Waals surface area contributed by atoms with Crippen molar-refractivity contribution < 1.29 is 13.2 Å². The second-order valence-electron chi connectivity index (χ2n) is 7.33. The first-order chi connectivity index (χ1) is 8.99. The number of sulfone groups is 1. The number of carbonyl (C=O) groups excluding carboxylic acids is 1. The summed E-state index contributed by atoms with van der Waals surface area (Å²) in [5, 5.41) is 0. The normalized spacial score (nSPS) is 23.9. The molecule has 1 rings (SSSR count). The Morgan fingerprint density at radius 1 is 1.25 bits per heavy atom. The van der Waals surface area contributed by atoms with E-state index in [1.807, 2.05) is 20.8 Å². The van der Waals surface area contributed by atoms with Crippen LogP contribution in [0.3, 0.4) is 0 Å². The summed E-state index contributed by atoms with van der Waals surface area (Å²) in [4.78, 5) is 14.2. The first-order valence-electron chi connectivity index (χ1n) is 7.47. The topological polar surface area (TPSA) is 54.5 Å². The van der Waals surface area contributed by atoms with Crippen LogP contribution in [0.25, 0.3) is 0 Å². The van der Waals surface area contributed by atoms with Crippen molar-refractivity contribution in [2.45, 2.75) is 58.9 Å². The van der Waals surface area contributed by atoms with Crippen LogP contribution >= 0.6 is 0 Å². The Labute approximate surface area is 123 Å². The maximum absolute atomic E-state index is 12.5. The molecule has 0 saturated heterocycles. The van der Waals surface area contributed by atoms with Gasteiger partial charge in [0.25, 0.3) is 0 Å². The molecule has 118 valence electrons. The molecule has 5 heteroatoms. The number of amides is 1. The van der Waals surface area contributed by atoms with Crippen LogP contribution in [0.5, 0.6) is 0 Å². The van der Waals surface area contributed by atoms with Crippen molar-refractivity contribution in [1.82, 2.24) is 4.90 Å². The van der Waals surface area contributed by atoms with Crippen molar-refractivity contribution in [2.75, 3.05) is 18.6 Å². The molecule has 0 aromatic carbocycles. The highest BCUT2D eigenvalue weighted by molar-refractivity contribution is 7.90. The monoisotopic (exact) mass is 303 g/mol. The van der Waals surface area contributed by atoms with Crippen molar-refractivity contribution >= 4 is 15.7 Å². The van der Waals surface area contributed by atoms with Gasteiger partial charge in [0.2, 0.25) is 5.91 Å². The van der Waals surface area contributed by atoms with Crippen molar-refractivity contribution in [2.24, 2.45) is 11.8 Å². The fourth-order valence-electron chi connectivity index (χ4n) is 2.96. The number of nitrogens with zero attached hydrogens (tertiary/aromatic N) is 1. The lowest BCUT2D eigenvalue weighted by atomic mass is 9.99. The summed E-state index contributed by atoms with van der Waals surface area (Å²) in [6.45, 7) is 8.42. The second-order valence-corrected chi connectivity index (χ2v) is 9.59. The van der Waals surface area contributed by atoms with Gasteiger partial charge in [-0.1, -0.05) is 13.3 Å². The molecule has 0 N–H and O–H groups in total. The highest BCUT2D eigenvalue weighted by atomic mass is 32.2. The van der Waals surface area contributed by atoms with Crippen molar-refractivity contribution in [3.05, 3.63) is 0 Å². The van der Waals surface area contributed by atoms with E-state index in [0.29, 0.717) is 24.8 Å². The summed E-state index contributed by atoms with van der Waals surface area (Å²) < 4.78 is 22.7. The van der Waals surface area contributed by atoms with Gasteiger partial charge in [-0.3, -0.25) is 4.79 Å².